The van der Waals surface area contributed by atoms with Crippen LogP contribution in [0.15, 0.2) is 0 Å². The monoisotopic (exact) mass is 264 g/mol. The Kier molecular flexibility index (Phi) is 2.82. The fraction of sp³-hybridized carbons (Fsp3) is 0.941. The molecule has 108 valence electrons. The van der Waals surface area contributed by atoms with Crippen LogP contribution in [0.1, 0.15) is 72.6 Å². The van der Waals surface area contributed by atoms with Gasteiger partial charge in [0.05, 0.1) is 0 Å². The molecule has 2 saturated carbocycles. The van der Waals surface area contributed by atoms with Gasteiger partial charge in [-0.2, -0.15) is 0 Å². The molecule has 4 atom stereocenters. The third-order valence-corrected chi connectivity index (χ3v) is 6.72. The molecule has 3 aliphatic rings. The molecule has 3 fully saturated rings. The summed E-state index contributed by atoms with van der Waals surface area (Å²) in [6, 6.07) is 0. The van der Waals surface area contributed by atoms with E-state index >= 15 is 0 Å². The number of carbonyl (C=O) groups excluding carboxylic acids is 1. The molecule has 0 N–H and O–H groups in total. The zero-order valence-corrected chi connectivity index (χ0v) is 12.9. The summed E-state index contributed by atoms with van der Waals surface area (Å²) in [5, 5.41) is 0. The van der Waals surface area contributed by atoms with Crippen LogP contribution in [-0.2, 0) is 9.53 Å². The lowest BCUT2D eigenvalue weighted by Crippen LogP contribution is -2.60. The SMILES string of the molecule is CC1(C)CCC[C@@]2(C)[C@H]1CC[C@]1(C)OC(=O)CC[C@@H]21. The summed E-state index contributed by atoms with van der Waals surface area (Å²) in [6.07, 6.45) is 7.97. The van der Waals surface area contributed by atoms with E-state index in [-0.39, 0.29) is 11.6 Å². The summed E-state index contributed by atoms with van der Waals surface area (Å²) in [7, 11) is 0. The van der Waals surface area contributed by atoms with E-state index in [1.807, 2.05) is 0 Å². The van der Waals surface area contributed by atoms with Crippen molar-refractivity contribution < 1.29 is 9.53 Å². The van der Waals surface area contributed by atoms with Gasteiger partial charge in [-0.3, -0.25) is 4.79 Å². The van der Waals surface area contributed by atoms with Crippen LogP contribution in [-0.4, -0.2) is 11.6 Å². The quantitative estimate of drug-likeness (QED) is 0.609. The molecule has 1 saturated heterocycles. The number of ether oxygens (including phenoxy) is 1. The number of hydrogen-bond acceptors (Lipinski definition) is 2. The van der Waals surface area contributed by atoms with E-state index in [9.17, 15) is 4.79 Å². The van der Waals surface area contributed by atoms with Crippen LogP contribution in [0, 0.1) is 22.7 Å². The van der Waals surface area contributed by atoms with E-state index in [2.05, 4.69) is 27.7 Å². The summed E-state index contributed by atoms with van der Waals surface area (Å²) < 4.78 is 5.82. The minimum Gasteiger partial charge on any atom is -0.459 e. The molecule has 0 radical (unpaired) electrons. The predicted octanol–water partition coefficient (Wildman–Crippen LogP) is 4.32. The van der Waals surface area contributed by atoms with Crippen molar-refractivity contribution in [3.63, 3.8) is 0 Å². The van der Waals surface area contributed by atoms with Gasteiger partial charge in [0.15, 0.2) is 0 Å². The molecule has 1 heterocycles. The average molecular weight is 264 g/mol. The van der Waals surface area contributed by atoms with Crippen LogP contribution < -0.4 is 0 Å². The molecule has 2 aliphatic carbocycles. The number of rotatable bonds is 0. The number of hydrogen-bond donors (Lipinski definition) is 0. The van der Waals surface area contributed by atoms with Crippen LogP contribution in [0.25, 0.3) is 0 Å². The smallest absolute Gasteiger partial charge is 0.306 e. The maximum absolute atomic E-state index is 11.7. The fourth-order valence-electron chi connectivity index (χ4n) is 5.94. The maximum Gasteiger partial charge on any atom is 0.306 e. The van der Waals surface area contributed by atoms with Crippen molar-refractivity contribution in [1.82, 2.24) is 0 Å². The van der Waals surface area contributed by atoms with Crippen molar-refractivity contribution >= 4 is 5.97 Å². The fourth-order valence-corrected chi connectivity index (χ4v) is 5.94. The Balaban J connectivity index is 1.97. The average Bonchev–Trinajstić information content (AvgIpc) is 2.25. The molecular weight excluding hydrogens is 236 g/mol. The van der Waals surface area contributed by atoms with Gasteiger partial charge < -0.3 is 4.74 Å². The molecule has 3 rings (SSSR count). The lowest BCUT2D eigenvalue weighted by molar-refractivity contribution is -0.215. The first-order chi connectivity index (χ1) is 8.78. The van der Waals surface area contributed by atoms with E-state index in [0.717, 1.165) is 18.8 Å². The minimum atomic E-state index is -0.187. The summed E-state index contributed by atoms with van der Waals surface area (Å²) in [6.45, 7) is 9.58. The van der Waals surface area contributed by atoms with Crippen LogP contribution in [0.4, 0.5) is 0 Å². The number of esters is 1. The first-order valence-corrected chi connectivity index (χ1v) is 8.00. The van der Waals surface area contributed by atoms with Gasteiger partial charge in [0.2, 0.25) is 0 Å². The first kappa shape index (κ1) is 13.5. The molecule has 19 heavy (non-hydrogen) atoms. The number of fused-ring (bicyclic) bond motifs is 3. The molecule has 0 unspecified atom stereocenters. The molecule has 0 amide bonds. The molecule has 0 aromatic rings. The van der Waals surface area contributed by atoms with Crippen molar-refractivity contribution in [2.75, 3.05) is 0 Å². The van der Waals surface area contributed by atoms with Gasteiger partial charge in [0.1, 0.15) is 5.60 Å². The summed E-state index contributed by atoms with van der Waals surface area (Å²) in [4.78, 5) is 11.7. The third kappa shape index (κ3) is 1.86. The molecular formula is C17H28O2. The Morgan fingerprint density at radius 2 is 1.74 bits per heavy atom. The topological polar surface area (TPSA) is 26.3 Å². The molecule has 0 bridgehead atoms. The van der Waals surface area contributed by atoms with Gasteiger partial charge in [0.25, 0.3) is 0 Å². The zero-order valence-electron chi connectivity index (χ0n) is 12.9. The summed E-state index contributed by atoms with van der Waals surface area (Å²) in [5.41, 5.74) is 0.638. The molecule has 2 nitrogen and oxygen atoms in total. The Morgan fingerprint density at radius 3 is 2.47 bits per heavy atom. The van der Waals surface area contributed by atoms with Crippen LogP contribution >= 0.6 is 0 Å². The van der Waals surface area contributed by atoms with E-state index in [1.54, 1.807) is 0 Å². The Bertz CT molecular complexity index is 400. The number of carbonyl (C=O) groups is 1. The minimum absolute atomic E-state index is 0.0240. The zero-order chi connectivity index (χ0) is 13.9. The first-order valence-electron chi connectivity index (χ1n) is 8.00. The van der Waals surface area contributed by atoms with Gasteiger partial charge in [0, 0.05) is 12.3 Å². The van der Waals surface area contributed by atoms with E-state index < -0.39 is 0 Å². The van der Waals surface area contributed by atoms with Crippen molar-refractivity contribution in [3.8, 4) is 0 Å². The lowest BCUT2D eigenvalue weighted by Gasteiger charge is -2.62. The highest BCUT2D eigenvalue weighted by Crippen LogP contribution is 2.64. The highest BCUT2D eigenvalue weighted by Gasteiger charge is 2.60. The van der Waals surface area contributed by atoms with Gasteiger partial charge in [-0.25, -0.2) is 0 Å². The Hall–Kier alpha value is -0.530. The molecule has 0 aromatic heterocycles. The van der Waals surface area contributed by atoms with Crippen molar-refractivity contribution in [3.05, 3.63) is 0 Å². The lowest BCUT2D eigenvalue weighted by atomic mass is 9.45. The Morgan fingerprint density at radius 1 is 1.00 bits per heavy atom. The second kappa shape index (κ2) is 3.99. The second-order valence-electron chi connectivity index (χ2n) is 8.32. The van der Waals surface area contributed by atoms with Gasteiger partial charge >= 0.3 is 5.97 Å². The molecule has 2 heteroatoms. The van der Waals surface area contributed by atoms with Crippen molar-refractivity contribution in [1.29, 1.82) is 0 Å². The van der Waals surface area contributed by atoms with E-state index in [4.69, 9.17) is 4.74 Å². The van der Waals surface area contributed by atoms with E-state index in [1.165, 1.54) is 25.7 Å². The highest BCUT2D eigenvalue weighted by atomic mass is 16.6. The highest BCUT2D eigenvalue weighted by molar-refractivity contribution is 5.71. The van der Waals surface area contributed by atoms with Crippen molar-refractivity contribution in [2.45, 2.75) is 78.2 Å². The summed E-state index contributed by atoms with van der Waals surface area (Å²) >= 11 is 0. The standard InChI is InChI=1S/C17H28O2/c1-15(2)9-5-10-16(3)12(15)8-11-17(4)13(16)6-7-14(18)19-17/h12-13H,5-11H2,1-4H3/t12-,13-,16-,17-/m0/s1. The van der Waals surface area contributed by atoms with Crippen molar-refractivity contribution in [2.24, 2.45) is 22.7 Å². The maximum atomic E-state index is 11.7. The van der Waals surface area contributed by atoms with Gasteiger partial charge in [-0.1, -0.05) is 27.2 Å². The van der Waals surface area contributed by atoms with Crippen LogP contribution in [0.5, 0.6) is 0 Å². The molecule has 0 spiro atoms. The van der Waals surface area contributed by atoms with Crippen LogP contribution in [0.3, 0.4) is 0 Å². The molecule has 0 aromatic carbocycles. The van der Waals surface area contributed by atoms with E-state index in [0.29, 0.717) is 23.2 Å². The van der Waals surface area contributed by atoms with Crippen LogP contribution in [0.2, 0.25) is 0 Å². The largest absolute Gasteiger partial charge is 0.459 e. The van der Waals surface area contributed by atoms with Gasteiger partial charge in [-0.05, 0) is 55.8 Å². The Labute approximate surface area is 117 Å². The predicted molar refractivity (Wildman–Crippen MR) is 75.7 cm³/mol. The van der Waals surface area contributed by atoms with Gasteiger partial charge in [-0.15, -0.1) is 0 Å². The summed E-state index contributed by atoms with van der Waals surface area (Å²) in [5.74, 6) is 1.38. The second-order valence-corrected chi connectivity index (χ2v) is 8.32. The third-order valence-electron chi connectivity index (χ3n) is 6.72. The normalized spacial score (nSPS) is 48.9. The molecule has 1 aliphatic heterocycles.